The maximum atomic E-state index is 11.1. The van der Waals surface area contributed by atoms with Crippen molar-refractivity contribution in [2.24, 2.45) is 0 Å². The second-order valence-electron chi connectivity index (χ2n) is 2.83. The van der Waals surface area contributed by atoms with Crippen molar-refractivity contribution in [1.82, 2.24) is 0 Å². The fraction of sp³-hybridized carbons (Fsp3) is 0.100. The van der Waals surface area contributed by atoms with E-state index in [1.165, 1.54) is 0 Å². The summed E-state index contributed by atoms with van der Waals surface area (Å²) in [4.78, 5) is 20.9. The predicted octanol–water partition coefficient (Wildman–Crippen LogP) is 2.13. The van der Waals surface area contributed by atoms with Crippen molar-refractivity contribution in [3.63, 3.8) is 0 Å². The Hall–Kier alpha value is -1.88. The minimum atomic E-state index is -0.986. The van der Waals surface area contributed by atoms with Crippen LogP contribution in [-0.4, -0.2) is 18.0 Å². The Morgan fingerprint density at radius 3 is 2.44 bits per heavy atom. The van der Waals surface area contributed by atoms with Crippen LogP contribution in [0, 0.1) is 10.1 Å². The lowest BCUT2D eigenvalue weighted by Crippen LogP contribution is -2.12. The molecule has 0 bridgehead atoms. The molecule has 0 fully saturated rings. The Morgan fingerprint density at radius 2 is 2.00 bits per heavy atom. The van der Waals surface area contributed by atoms with Gasteiger partial charge in [-0.25, -0.2) is 4.79 Å². The zero-order chi connectivity index (χ0) is 12.1. The molecule has 0 heterocycles. The van der Waals surface area contributed by atoms with Gasteiger partial charge in [-0.3, -0.25) is 10.1 Å². The SMILES string of the molecule is COC(=O)/C(=C\c1ccc(Cl)cc1)[N+](=O)[O-]. The molecule has 16 heavy (non-hydrogen) atoms. The van der Waals surface area contributed by atoms with Gasteiger partial charge in [0.15, 0.2) is 0 Å². The number of ether oxygens (including phenoxy) is 1. The quantitative estimate of drug-likeness (QED) is 0.352. The van der Waals surface area contributed by atoms with Crippen LogP contribution in [0.5, 0.6) is 0 Å². The maximum absolute atomic E-state index is 11.1. The minimum Gasteiger partial charge on any atom is -0.461 e. The summed E-state index contributed by atoms with van der Waals surface area (Å²) in [5.74, 6) is -0.986. The van der Waals surface area contributed by atoms with E-state index in [1.807, 2.05) is 0 Å². The summed E-state index contributed by atoms with van der Waals surface area (Å²) >= 11 is 5.65. The molecule has 0 aliphatic carbocycles. The molecule has 0 amide bonds. The standard InChI is InChI=1S/C10H8ClNO4/c1-16-10(13)9(12(14)15)6-7-2-4-8(11)5-3-7/h2-6H,1H3/b9-6+. The van der Waals surface area contributed by atoms with Crippen molar-refractivity contribution in [2.45, 2.75) is 0 Å². The fourth-order valence-corrected chi connectivity index (χ4v) is 1.13. The van der Waals surface area contributed by atoms with Crippen LogP contribution in [0.3, 0.4) is 0 Å². The molecule has 84 valence electrons. The van der Waals surface area contributed by atoms with Crippen molar-refractivity contribution in [1.29, 1.82) is 0 Å². The van der Waals surface area contributed by atoms with Gasteiger partial charge in [-0.05, 0) is 17.7 Å². The Bertz CT molecular complexity index is 439. The first-order chi connectivity index (χ1) is 7.54. The van der Waals surface area contributed by atoms with Crippen molar-refractivity contribution < 1.29 is 14.5 Å². The lowest BCUT2D eigenvalue weighted by molar-refractivity contribution is -0.419. The largest absolute Gasteiger partial charge is 0.461 e. The Kier molecular flexibility index (Phi) is 4.02. The number of carbonyl (C=O) groups is 1. The van der Waals surface area contributed by atoms with E-state index in [-0.39, 0.29) is 0 Å². The Labute approximate surface area is 96.4 Å². The first-order valence-corrected chi connectivity index (χ1v) is 4.62. The molecular weight excluding hydrogens is 234 g/mol. The molecule has 6 heteroatoms. The van der Waals surface area contributed by atoms with Crippen LogP contribution in [0.2, 0.25) is 5.02 Å². The highest BCUT2D eigenvalue weighted by Crippen LogP contribution is 2.13. The third-order valence-corrected chi connectivity index (χ3v) is 2.02. The smallest absolute Gasteiger partial charge is 0.409 e. The molecule has 0 N–H and O–H groups in total. The number of nitrogens with zero attached hydrogens (tertiary/aromatic N) is 1. The summed E-state index contributed by atoms with van der Waals surface area (Å²) in [6, 6.07) is 6.27. The first kappa shape index (κ1) is 12.2. The van der Waals surface area contributed by atoms with Crippen LogP contribution in [0.1, 0.15) is 5.56 Å². The van der Waals surface area contributed by atoms with Crippen molar-refractivity contribution in [3.05, 3.63) is 50.7 Å². The molecule has 0 saturated heterocycles. The minimum absolute atomic E-state index is 0.501. The molecule has 0 aliphatic heterocycles. The van der Waals surface area contributed by atoms with Gasteiger partial charge in [-0.2, -0.15) is 0 Å². The van der Waals surface area contributed by atoms with Crippen LogP contribution in [0.25, 0.3) is 6.08 Å². The van der Waals surface area contributed by atoms with Gasteiger partial charge >= 0.3 is 11.7 Å². The highest BCUT2D eigenvalue weighted by Gasteiger charge is 2.22. The third-order valence-electron chi connectivity index (χ3n) is 1.76. The van der Waals surface area contributed by atoms with E-state index in [2.05, 4.69) is 4.74 Å². The van der Waals surface area contributed by atoms with Crippen LogP contribution >= 0.6 is 11.6 Å². The summed E-state index contributed by atoms with van der Waals surface area (Å²) in [7, 11) is 1.08. The van der Waals surface area contributed by atoms with Crippen LogP contribution in [0.15, 0.2) is 30.0 Å². The summed E-state index contributed by atoms with van der Waals surface area (Å²) in [5.41, 5.74) is -0.119. The van der Waals surface area contributed by atoms with Crippen LogP contribution in [-0.2, 0) is 9.53 Å². The topological polar surface area (TPSA) is 69.4 Å². The van der Waals surface area contributed by atoms with Gasteiger partial charge in [0, 0.05) is 11.1 Å². The summed E-state index contributed by atoms with van der Waals surface area (Å²) in [5, 5.41) is 11.1. The normalized spacial score (nSPS) is 11.0. The molecule has 0 spiro atoms. The highest BCUT2D eigenvalue weighted by atomic mass is 35.5. The number of hydrogen-bond acceptors (Lipinski definition) is 4. The number of carbonyl (C=O) groups excluding carboxylic acids is 1. The molecule has 1 aromatic carbocycles. The van der Waals surface area contributed by atoms with Crippen molar-refractivity contribution >= 4 is 23.6 Å². The number of benzene rings is 1. The molecule has 5 nitrogen and oxygen atoms in total. The second-order valence-corrected chi connectivity index (χ2v) is 3.27. The van der Waals surface area contributed by atoms with E-state index in [0.29, 0.717) is 10.6 Å². The average molecular weight is 242 g/mol. The molecule has 0 aliphatic rings. The van der Waals surface area contributed by atoms with Gasteiger partial charge < -0.3 is 4.74 Å². The van der Waals surface area contributed by atoms with Gasteiger partial charge in [0.25, 0.3) is 0 Å². The van der Waals surface area contributed by atoms with Crippen molar-refractivity contribution in [3.8, 4) is 0 Å². The summed E-state index contributed by atoms with van der Waals surface area (Å²) < 4.78 is 4.29. The lowest BCUT2D eigenvalue weighted by Gasteiger charge is -1.97. The number of methoxy groups -OCH3 is 1. The predicted molar refractivity (Wildman–Crippen MR) is 58.4 cm³/mol. The van der Waals surface area contributed by atoms with Crippen molar-refractivity contribution in [2.75, 3.05) is 7.11 Å². The fourth-order valence-electron chi connectivity index (χ4n) is 1.01. The average Bonchev–Trinajstić information content (AvgIpc) is 2.27. The monoisotopic (exact) mass is 241 g/mol. The molecule has 0 unspecified atom stereocenters. The van der Waals surface area contributed by atoms with E-state index in [0.717, 1.165) is 13.2 Å². The number of esters is 1. The number of halogens is 1. The molecule has 0 atom stereocenters. The molecule has 1 rings (SSSR count). The highest BCUT2D eigenvalue weighted by molar-refractivity contribution is 6.30. The van der Waals surface area contributed by atoms with Gasteiger partial charge in [0.2, 0.25) is 0 Å². The van der Waals surface area contributed by atoms with E-state index in [9.17, 15) is 14.9 Å². The summed E-state index contributed by atoms with van der Waals surface area (Å²) in [6.45, 7) is 0. The zero-order valence-electron chi connectivity index (χ0n) is 8.34. The maximum Gasteiger partial charge on any atom is 0.409 e. The lowest BCUT2D eigenvalue weighted by atomic mass is 10.2. The van der Waals surface area contributed by atoms with Crippen LogP contribution < -0.4 is 0 Å². The van der Waals surface area contributed by atoms with E-state index in [1.54, 1.807) is 24.3 Å². The van der Waals surface area contributed by atoms with Gasteiger partial charge in [-0.15, -0.1) is 0 Å². The number of rotatable bonds is 3. The van der Waals surface area contributed by atoms with Gasteiger partial charge in [0.05, 0.1) is 12.0 Å². The third kappa shape index (κ3) is 3.06. The molecular formula is C10H8ClNO4. The van der Waals surface area contributed by atoms with E-state index >= 15 is 0 Å². The zero-order valence-corrected chi connectivity index (χ0v) is 9.10. The first-order valence-electron chi connectivity index (χ1n) is 4.24. The van der Waals surface area contributed by atoms with Gasteiger partial charge in [-0.1, -0.05) is 23.7 Å². The van der Waals surface area contributed by atoms with E-state index < -0.39 is 16.6 Å². The second kappa shape index (κ2) is 5.27. The molecule has 0 saturated carbocycles. The Morgan fingerprint density at radius 1 is 1.44 bits per heavy atom. The molecule has 1 aromatic rings. The molecule has 0 aromatic heterocycles. The number of nitro groups is 1. The van der Waals surface area contributed by atoms with Crippen LogP contribution in [0.4, 0.5) is 0 Å². The number of hydrogen-bond donors (Lipinski definition) is 0. The summed E-state index contributed by atoms with van der Waals surface area (Å²) in [6.07, 6.45) is 1.13. The molecule has 0 radical (unpaired) electrons. The van der Waals surface area contributed by atoms with E-state index in [4.69, 9.17) is 11.6 Å². The van der Waals surface area contributed by atoms with Gasteiger partial charge in [0.1, 0.15) is 0 Å². The Balaban J connectivity index is 3.07.